The fraction of sp³-hybridized carbons (Fsp3) is 0.462. The predicted octanol–water partition coefficient (Wildman–Crippen LogP) is 1.91. The second-order valence-corrected chi connectivity index (χ2v) is 4.93. The molecule has 0 spiro atoms. The van der Waals surface area contributed by atoms with Gasteiger partial charge in [0.25, 0.3) is 0 Å². The summed E-state index contributed by atoms with van der Waals surface area (Å²) in [5, 5.41) is 7.48. The van der Waals surface area contributed by atoms with Gasteiger partial charge in [-0.25, -0.2) is 0 Å². The Morgan fingerprint density at radius 2 is 1.76 bits per heavy atom. The summed E-state index contributed by atoms with van der Waals surface area (Å²) in [7, 11) is 0. The first-order chi connectivity index (χ1) is 8.15. The number of hydrogen-bond donors (Lipinski definition) is 2. The fourth-order valence-electron chi connectivity index (χ4n) is 2.12. The number of rotatable bonds is 1. The van der Waals surface area contributed by atoms with Crippen molar-refractivity contribution in [3.8, 4) is 0 Å². The van der Waals surface area contributed by atoms with Crippen LogP contribution in [0.4, 0.5) is 5.69 Å². The van der Waals surface area contributed by atoms with Gasteiger partial charge in [0.2, 0.25) is 0 Å². The van der Waals surface area contributed by atoms with Crippen LogP contribution in [0.5, 0.6) is 0 Å². The van der Waals surface area contributed by atoms with E-state index >= 15 is 0 Å². The molecule has 2 N–H and O–H groups in total. The Morgan fingerprint density at radius 1 is 1.18 bits per heavy atom. The van der Waals surface area contributed by atoms with Crippen LogP contribution in [0.25, 0.3) is 0 Å². The van der Waals surface area contributed by atoms with Crippen LogP contribution >= 0.6 is 12.2 Å². The Kier molecular flexibility index (Phi) is 3.97. The maximum atomic E-state index is 5.43. The summed E-state index contributed by atoms with van der Waals surface area (Å²) in [6, 6.07) is 6.42. The van der Waals surface area contributed by atoms with Crippen molar-refractivity contribution in [3.63, 3.8) is 0 Å². The Hall–Kier alpha value is -1.13. The Bertz CT molecular complexity index is 391. The molecule has 0 atom stereocenters. The minimum Gasteiger partial charge on any atom is -0.346 e. The van der Waals surface area contributed by atoms with Crippen molar-refractivity contribution in [2.45, 2.75) is 13.8 Å². The molecule has 17 heavy (non-hydrogen) atoms. The smallest absolute Gasteiger partial charge is 0.173 e. The third-order valence-electron chi connectivity index (χ3n) is 2.88. The normalized spacial score (nSPS) is 15.8. The molecular weight excluding hydrogens is 230 g/mol. The number of aryl methyl sites for hydroxylation is 2. The second kappa shape index (κ2) is 5.47. The van der Waals surface area contributed by atoms with Crippen LogP contribution in [-0.4, -0.2) is 36.2 Å². The van der Waals surface area contributed by atoms with Crippen molar-refractivity contribution in [1.82, 2.24) is 10.2 Å². The highest BCUT2D eigenvalue weighted by atomic mass is 32.1. The molecule has 1 heterocycles. The van der Waals surface area contributed by atoms with Crippen molar-refractivity contribution in [2.24, 2.45) is 0 Å². The highest BCUT2D eigenvalue weighted by Crippen LogP contribution is 2.14. The molecule has 0 aliphatic carbocycles. The van der Waals surface area contributed by atoms with Crippen molar-refractivity contribution < 1.29 is 0 Å². The summed E-state index contributed by atoms with van der Waals surface area (Å²) in [5.74, 6) is 0. The van der Waals surface area contributed by atoms with E-state index in [1.165, 1.54) is 11.1 Å². The van der Waals surface area contributed by atoms with Crippen LogP contribution in [0.1, 0.15) is 11.1 Å². The number of hydrogen-bond acceptors (Lipinski definition) is 2. The number of nitrogens with one attached hydrogen (secondary N) is 2. The van der Waals surface area contributed by atoms with Crippen LogP contribution in [0, 0.1) is 13.8 Å². The standard InChI is InChI=1S/C13H19N3S/c1-10-7-11(2)9-12(8-10)15-13(17)16-5-3-14-4-6-16/h7-9,14H,3-6H2,1-2H3,(H,15,17). The van der Waals surface area contributed by atoms with E-state index in [-0.39, 0.29) is 0 Å². The first-order valence-corrected chi connectivity index (χ1v) is 6.41. The van der Waals surface area contributed by atoms with E-state index in [1.807, 2.05) is 0 Å². The zero-order valence-corrected chi connectivity index (χ0v) is 11.2. The molecule has 0 unspecified atom stereocenters. The lowest BCUT2D eigenvalue weighted by atomic mass is 10.1. The molecule has 1 aromatic rings. The lowest BCUT2D eigenvalue weighted by Crippen LogP contribution is -2.47. The van der Waals surface area contributed by atoms with Gasteiger partial charge in [0.05, 0.1) is 0 Å². The highest BCUT2D eigenvalue weighted by molar-refractivity contribution is 7.80. The first kappa shape index (κ1) is 12.3. The molecule has 92 valence electrons. The number of thiocarbonyl (C=S) groups is 1. The molecule has 1 fully saturated rings. The molecule has 1 aliphatic rings. The molecule has 0 radical (unpaired) electrons. The number of anilines is 1. The van der Waals surface area contributed by atoms with Crippen LogP contribution < -0.4 is 10.6 Å². The average Bonchev–Trinajstić information content (AvgIpc) is 2.28. The van der Waals surface area contributed by atoms with E-state index in [4.69, 9.17) is 12.2 Å². The van der Waals surface area contributed by atoms with Crippen molar-refractivity contribution in [3.05, 3.63) is 29.3 Å². The number of benzene rings is 1. The van der Waals surface area contributed by atoms with E-state index < -0.39 is 0 Å². The summed E-state index contributed by atoms with van der Waals surface area (Å²) in [6.07, 6.45) is 0. The van der Waals surface area contributed by atoms with E-state index in [9.17, 15) is 0 Å². The average molecular weight is 249 g/mol. The molecule has 0 saturated carbocycles. The molecule has 0 amide bonds. The van der Waals surface area contributed by atoms with Crippen LogP contribution in [0.15, 0.2) is 18.2 Å². The minimum absolute atomic E-state index is 0.830. The van der Waals surface area contributed by atoms with Crippen molar-refractivity contribution >= 4 is 23.0 Å². The monoisotopic (exact) mass is 249 g/mol. The maximum absolute atomic E-state index is 5.43. The van der Waals surface area contributed by atoms with Crippen LogP contribution in [-0.2, 0) is 0 Å². The third kappa shape index (κ3) is 3.41. The SMILES string of the molecule is Cc1cc(C)cc(NC(=S)N2CCNCC2)c1. The topological polar surface area (TPSA) is 27.3 Å². The van der Waals surface area contributed by atoms with Crippen molar-refractivity contribution in [2.75, 3.05) is 31.5 Å². The van der Waals surface area contributed by atoms with Gasteiger partial charge in [-0.05, 0) is 49.3 Å². The van der Waals surface area contributed by atoms with Gasteiger partial charge in [0.1, 0.15) is 0 Å². The third-order valence-corrected chi connectivity index (χ3v) is 3.24. The molecule has 1 saturated heterocycles. The van der Waals surface area contributed by atoms with Gasteiger partial charge in [-0.1, -0.05) is 6.07 Å². The van der Waals surface area contributed by atoms with Gasteiger partial charge < -0.3 is 15.5 Å². The highest BCUT2D eigenvalue weighted by Gasteiger charge is 2.12. The van der Waals surface area contributed by atoms with Gasteiger partial charge in [0, 0.05) is 31.9 Å². The second-order valence-electron chi connectivity index (χ2n) is 4.54. The van der Waals surface area contributed by atoms with Gasteiger partial charge >= 0.3 is 0 Å². The molecule has 1 aliphatic heterocycles. The molecule has 3 nitrogen and oxygen atoms in total. The Labute approximate surface area is 108 Å². The van der Waals surface area contributed by atoms with Gasteiger partial charge in [-0.2, -0.15) is 0 Å². The lowest BCUT2D eigenvalue weighted by Gasteiger charge is -2.30. The fourth-order valence-corrected chi connectivity index (χ4v) is 2.42. The summed E-state index contributed by atoms with van der Waals surface area (Å²) in [5.41, 5.74) is 3.61. The molecule has 0 bridgehead atoms. The minimum atomic E-state index is 0.830. The molecule has 1 aromatic carbocycles. The van der Waals surface area contributed by atoms with E-state index in [2.05, 4.69) is 47.6 Å². The lowest BCUT2D eigenvalue weighted by molar-refractivity contribution is 0.362. The zero-order valence-electron chi connectivity index (χ0n) is 10.4. The molecule has 2 rings (SSSR count). The van der Waals surface area contributed by atoms with Crippen LogP contribution in [0.2, 0.25) is 0 Å². The molecular formula is C13H19N3S. The van der Waals surface area contributed by atoms with E-state index in [0.29, 0.717) is 0 Å². The summed E-state index contributed by atoms with van der Waals surface area (Å²) >= 11 is 5.43. The Morgan fingerprint density at radius 3 is 2.35 bits per heavy atom. The quantitative estimate of drug-likeness (QED) is 0.744. The van der Waals surface area contributed by atoms with Crippen molar-refractivity contribution in [1.29, 1.82) is 0 Å². The molecule has 0 aromatic heterocycles. The Balaban J connectivity index is 2.01. The number of nitrogens with zero attached hydrogens (tertiary/aromatic N) is 1. The summed E-state index contributed by atoms with van der Waals surface area (Å²) in [4.78, 5) is 2.21. The zero-order chi connectivity index (χ0) is 12.3. The summed E-state index contributed by atoms with van der Waals surface area (Å²) < 4.78 is 0. The summed E-state index contributed by atoms with van der Waals surface area (Å²) in [6.45, 7) is 8.19. The van der Waals surface area contributed by atoms with Gasteiger partial charge in [-0.15, -0.1) is 0 Å². The van der Waals surface area contributed by atoms with Crippen LogP contribution in [0.3, 0.4) is 0 Å². The molecule has 4 heteroatoms. The predicted molar refractivity (Wildman–Crippen MR) is 76.6 cm³/mol. The van der Waals surface area contributed by atoms with Gasteiger partial charge in [-0.3, -0.25) is 0 Å². The number of piperazine rings is 1. The maximum Gasteiger partial charge on any atom is 0.173 e. The van der Waals surface area contributed by atoms with E-state index in [1.54, 1.807) is 0 Å². The van der Waals surface area contributed by atoms with E-state index in [0.717, 1.165) is 37.0 Å². The first-order valence-electron chi connectivity index (χ1n) is 6.00. The largest absolute Gasteiger partial charge is 0.346 e. The van der Waals surface area contributed by atoms with Gasteiger partial charge in [0.15, 0.2) is 5.11 Å².